The maximum Gasteiger partial charge on any atom is 0.221 e. The zero-order chi connectivity index (χ0) is 12.4. The van der Waals surface area contributed by atoms with E-state index in [4.69, 9.17) is 4.74 Å². The minimum atomic E-state index is 0.149. The van der Waals surface area contributed by atoms with Crippen LogP contribution in [0.3, 0.4) is 0 Å². The predicted molar refractivity (Wildman–Crippen MR) is 67.3 cm³/mol. The SMILES string of the molecule is CC(C)Oc1nc(C(C)C)nc2c1CNCC2. The maximum absolute atomic E-state index is 5.81. The lowest BCUT2D eigenvalue weighted by molar-refractivity contribution is 0.226. The summed E-state index contributed by atoms with van der Waals surface area (Å²) < 4.78 is 5.81. The number of aromatic nitrogens is 2. The van der Waals surface area contributed by atoms with Gasteiger partial charge < -0.3 is 10.1 Å². The molecule has 1 aromatic heterocycles. The van der Waals surface area contributed by atoms with Gasteiger partial charge in [0.1, 0.15) is 5.82 Å². The first kappa shape index (κ1) is 12.3. The van der Waals surface area contributed by atoms with E-state index in [1.54, 1.807) is 0 Å². The molecule has 0 bridgehead atoms. The van der Waals surface area contributed by atoms with E-state index in [0.29, 0.717) is 5.92 Å². The highest BCUT2D eigenvalue weighted by Crippen LogP contribution is 2.25. The summed E-state index contributed by atoms with van der Waals surface area (Å²) in [7, 11) is 0. The van der Waals surface area contributed by atoms with Crippen LogP contribution in [0.15, 0.2) is 0 Å². The van der Waals surface area contributed by atoms with Gasteiger partial charge in [0.15, 0.2) is 0 Å². The first-order chi connectivity index (χ1) is 8.08. The van der Waals surface area contributed by atoms with Gasteiger partial charge in [0, 0.05) is 31.0 Å². The summed E-state index contributed by atoms with van der Waals surface area (Å²) >= 11 is 0. The van der Waals surface area contributed by atoms with Crippen LogP contribution in [0.2, 0.25) is 0 Å². The lowest BCUT2D eigenvalue weighted by Crippen LogP contribution is -2.27. The molecule has 94 valence electrons. The van der Waals surface area contributed by atoms with Crippen LogP contribution in [0.4, 0.5) is 0 Å². The molecule has 0 amide bonds. The van der Waals surface area contributed by atoms with E-state index in [-0.39, 0.29) is 6.10 Å². The van der Waals surface area contributed by atoms with E-state index in [1.165, 1.54) is 0 Å². The Morgan fingerprint density at radius 1 is 1.18 bits per heavy atom. The highest BCUT2D eigenvalue weighted by atomic mass is 16.5. The molecule has 0 spiro atoms. The second-order valence-corrected chi connectivity index (χ2v) is 5.06. The van der Waals surface area contributed by atoms with Crippen LogP contribution in [0.25, 0.3) is 0 Å². The molecule has 0 unspecified atom stereocenters. The van der Waals surface area contributed by atoms with Gasteiger partial charge in [-0.1, -0.05) is 13.8 Å². The van der Waals surface area contributed by atoms with E-state index in [1.807, 2.05) is 13.8 Å². The van der Waals surface area contributed by atoms with Crippen molar-refractivity contribution in [2.75, 3.05) is 6.54 Å². The van der Waals surface area contributed by atoms with Gasteiger partial charge in [0.25, 0.3) is 0 Å². The van der Waals surface area contributed by atoms with E-state index in [9.17, 15) is 0 Å². The summed E-state index contributed by atoms with van der Waals surface area (Å²) in [6.45, 7) is 10.1. The normalized spacial score (nSPS) is 15.2. The average molecular weight is 235 g/mol. The Labute approximate surface area is 103 Å². The van der Waals surface area contributed by atoms with Crippen LogP contribution < -0.4 is 10.1 Å². The average Bonchev–Trinajstić information content (AvgIpc) is 2.28. The number of hydrogen-bond donors (Lipinski definition) is 1. The smallest absolute Gasteiger partial charge is 0.221 e. The van der Waals surface area contributed by atoms with Crippen molar-refractivity contribution >= 4 is 0 Å². The molecule has 1 N–H and O–H groups in total. The Bertz CT molecular complexity index is 402. The van der Waals surface area contributed by atoms with Crippen LogP contribution in [-0.4, -0.2) is 22.6 Å². The Kier molecular flexibility index (Phi) is 3.62. The molecule has 4 nitrogen and oxygen atoms in total. The molecule has 0 aromatic carbocycles. The van der Waals surface area contributed by atoms with Gasteiger partial charge in [-0.3, -0.25) is 0 Å². The first-order valence-corrected chi connectivity index (χ1v) is 6.35. The van der Waals surface area contributed by atoms with Crippen molar-refractivity contribution in [2.24, 2.45) is 0 Å². The van der Waals surface area contributed by atoms with Crippen molar-refractivity contribution in [1.82, 2.24) is 15.3 Å². The molecule has 1 aromatic rings. The van der Waals surface area contributed by atoms with Crippen LogP contribution in [0.1, 0.15) is 50.7 Å². The van der Waals surface area contributed by atoms with Gasteiger partial charge in [0.2, 0.25) is 5.88 Å². The standard InChI is InChI=1S/C13H21N3O/c1-8(2)12-15-11-5-6-14-7-10(11)13(16-12)17-9(3)4/h8-9,14H,5-7H2,1-4H3. The van der Waals surface area contributed by atoms with Crippen molar-refractivity contribution in [3.8, 4) is 5.88 Å². The van der Waals surface area contributed by atoms with Gasteiger partial charge in [-0.25, -0.2) is 4.98 Å². The fourth-order valence-corrected chi connectivity index (χ4v) is 1.91. The van der Waals surface area contributed by atoms with Crippen molar-refractivity contribution in [3.05, 3.63) is 17.1 Å². The van der Waals surface area contributed by atoms with Gasteiger partial charge in [-0.15, -0.1) is 0 Å². The molecular formula is C13H21N3O. The summed E-state index contributed by atoms with van der Waals surface area (Å²) in [4.78, 5) is 9.20. The van der Waals surface area contributed by atoms with Crippen LogP contribution >= 0.6 is 0 Å². The number of ether oxygens (including phenoxy) is 1. The Morgan fingerprint density at radius 2 is 1.94 bits per heavy atom. The van der Waals surface area contributed by atoms with E-state index in [2.05, 4.69) is 29.1 Å². The second-order valence-electron chi connectivity index (χ2n) is 5.06. The Morgan fingerprint density at radius 3 is 2.59 bits per heavy atom. The summed E-state index contributed by atoms with van der Waals surface area (Å²) in [6.07, 6.45) is 1.11. The quantitative estimate of drug-likeness (QED) is 0.871. The first-order valence-electron chi connectivity index (χ1n) is 6.35. The topological polar surface area (TPSA) is 47.0 Å². The van der Waals surface area contributed by atoms with E-state index >= 15 is 0 Å². The minimum Gasteiger partial charge on any atom is -0.475 e. The van der Waals surface area contributed by atoms with Crippen LogP contribution in [0, 0.1) is 0 Å². The lowest BCUT2D eigenvalue weighted by Gasteiger charge is -2.21. The largest absolute Gasteiger partial charge is 0.475 e. The summed E-state index contributed by atoms with van der Waals surface area (Å²) in [5, 5.41) is 3.34. The fourth-order valence-electron chi connectivity index (χ4n) is 1.91. The molecular weight excluding hydrogens is 214 g/mol. The van der Waals surface area contributed by atoms with E-state index < -0.39 is 0 Å². The molecule has 2 rings (SSSR count). The Balaban J connectivity index is 2.42. The van der Waals surface area contributed by atoms with Gasteiger partial charge in [-0.05, 0) is 13.8 Å². The molecule has 0 saturated heterocycles. The Hall–Kier alpha value is -1.16. The number of hydrogen-bond acceptors (Lipinski definition) is 4. The van der Waals surface area contributed by atoms with Gasteiger partial charge >= 0.3 is 0 Å². The highest BCUT2D eigenvalue weighted by Gasteiger charge is 2.20. The predicted octanol–water partition coefficient (Wildman–Crippen LogP) is 2.03. The monoisotopic (exact) mass is 235 g/mol. The molecule has 4 heteroatoms. The van der Waals surface area contributed by atoms with Crippen molar-refractivity contribution < 1.29 is 4.74 Å². The summed E-state index contributed by atoms with van der Waals surface area (Å²) in [6, 6.07) is 0. The molecule has 0 aliphatic carbocycles. The molecule has 1 aliphatic rings. The molecule has 0 atom stereocenters. The summed E-state index contributed by atoms with van der Waals surface area (Å²) in [5.41, 5.74) is 2.28. The molecule has 0 saturated carbocycles. The minimum absolute atomic E-state index is 0.149. The molecule has 1 aliphatic heterocycles. The number of nitrogens with one attached hydrogen (secondary N) is 1. The van der Waals surface area contributed by atoms with Crippen molar-refractivity contribution in [1.29, 1.82) is 0 Å². The van der Waals surface area contributed by atoms with Crippen molar-refractivity contribution in [2.45, 2.75) is 52.7 Å². The molecule has 17 heavy (non-hydrogen) atoms. The highest BCUT2D eigenvalue weighted by molar-refractivity contribution is 5.33. The van der Waals surface area contributed by atoms with E-state index in [0.717, 1.165) is 42.5 Å². The fraction of sp³-hybridized carbons (Fsp3) is 0.692. The third kappa shape index (κ3) is 2.75. The number of fused-ring (bicyclic) bond motifs is 1. The van der Waals surface area contributed by atoms with Crippen LogP contribution in [-0.2, 0) is 13.0 Å². The van der Waals surface area contributed by atoms with Crippen molar-refractivity contribution in [3.63, 3.8) is 0 Å². The van der Waals surface area contributed by atoms with Crippen LogP contribution in [0.5, 0.6) is 5.88 Å². The zero-order valence-electron chi connectivity index (χ0n) is 11.1. The zero-order valence-corrected chi connectivity index (χ0v) is 11.1. The van der Waals surface area contributed by atoms with Gasteiger partial charge in [-0.2, -0.15) is 4.98 Å². The maximum atomic E-state index is 5.81. The number of nitrogens with zero attached hydrogens (tertiary/aromatic N) is 2. The summed E-state index contributed by atoms with van der Waals surface area (Å²) in [5.74, 6) is 1.99. The number of rotatable bonds is 3. The second kappa shape index (κ2) is 5.00. The lowest BCUT2D eigenvalue weighted by atomic mass is 10.1. The van der Waals surface area contributed by atoms with Gasteiger partial charge in [0.05, 0.1) is 11.8 Å². The third-order valence-electron chi connectivity index (χ3n) is 2.78. The molecule has 0 fully saturated rings. The molecule has 0 radical (unpaired) electrons. The molecule has 2 heterocycles. The third-order valence-corrected chi connectivity index (χ3v) is 2.78.